The zero-order valence-electron chi connectivity index (χ0n) is 17.8. The number of hydrogen-bond acceptors (Lipinski definition) is 2. The van der Waals surface area contributed by atoms with Crippen LogP contribution in [0.15, 0.2) is 48.5 Å². The zero-order chi connectivity index (χ0) is 20.9. The molecule has 0 aromatic heterocycles. The van der Waals surface area contributed by atoms with Gasteiger partial charge in [-0.1, -0.05) is 76.5 Å². The predicted octanol–water partition coefficient (Wildman–Crippen LogP) is 6.82. The minimum Gasteiger partial charge on any atom is -0.493 e. The number of unbranched alkanes of at least 4 members (excludes halogenated alkanes) is 2. The molecule has 1 N–H and O–H groups in total. The first-order valence-electron chi connectivity index (χ1n) is 10.7. The maximum absolute atomic E-state index is 11.1. The van der Waals surface area contributed by atoms with Gasteiger partial charge in [-0.3, -0.25) is 0 Å². The van der Waals surface area contributed by atoms with Crippen LogP contribution in [0.1, 0.15) is 85.8 Å². The van der Waals surface area contributed by atoms with E-state index in [1.54, 1.807) is 12.1 Å². The fourth-order valence-electron chi connectivity index (χ4n) is 3.94. The third kappa shape index (κ3) is 5.29. The number of carbonyl (C=O) groups is 1. The number of carboxylic acids is 1. The van der Waals surface area contributed by atoms with Gasteiger partial charge in [0.2, 0.25) is 0 Å². The van der Waals surface area contributed by atoms with Crippen LogP contribution in [-0.4, -0.2) is 17.7 Å². The van der Waals surface area contributed by atoms with Crippen LogP contribution < -0.4 is 4.74 Å². The Morgan fingerprint density at radius 3 is 2.62 bits per heavy atom. The predicted molar refractivity (Wildman–Crippen MR) is 119 cm³/mol. The number of carboxylic acid groups (broad SMARTS) is 1. The number of hydrogen-bond donors (Lipinski definition) is 1. The van der Waals surface area contributed by atoms with E-state index in [1.165, 1.54) is 30.4 Å². The second kappa shape index (κ2) is 9.30. The van der Waals surface area contributed by atoms with E-state index in [2.05, 4.69) is 51.1 Å². The van der Waals surface area contributed by atoms with Gasteiger partial charge < -0.3 is 9.84 Å². The molecule has 0 saturated heterocycles. The molecule has 29 heavy (non-hydrogen) atoms. The Morgan fingerprint density at radius 2 is 1.93 bits per heavy atom. The minimum atomic E-state index is -0.892. The minimum absolute atomic E-state index is 0.133. The smallest absolute Gasteiger partial charge is 0.335 e. The summed E-state index contributed by atoms with van der Waals surface area (Å²) in [5, 5.41) is 9.07. The average Bonchev–Trinajstić information content (AvgIpc) is 2.70. The second-order valence-corrected chi connectivity index (χ2v) is 8.63. The van der Waals surface area contributed by atoms with Crippen LogP contribution in [-0.2, 0) is 5.41 Å². The molecule has 0 saturated carbocycles. The van der Waals surface area contributed by atoms with Gasteiger partial charge >= 0.3 is 5.97 Å². The second-order valence-electron chi connectivity index (χ2n) is 8.63. The lowest BCUT2D eigenvalue weighted by atomic mass is 9.78. The molecule has 3 nitrogen and oxygen atoms in total. The van der Waals surface area contributed by atoms with E-state index in [0.717, 1.165) is 30.8 Å². The van der Waals surface area contributed by atoms with E-state index < -0.39 is 5.97 Å². The summed E-state index contributed by atoms with van der Waals surface area (Å²) in [7, 11) is 0. The van der Waals surface area contributed by atoms with Gasteiger partial charge in [0.15, 0.2) is 0 Å². The topological polar surface area (TPSA) is 46.5 Å². The van der Waals surface area contributed by atoms with Gasteiger partial charge in [0.25, 0.3) is 0 Å². The Balaban J connectivity index is 1.86. The molecule has 0 fully saturated rings. The van der Waals surface area contributed by atoms with Crippen molar-refractivity contribution in [3.63, 3.8) is 0 Å². The summed E-state index contributed by atoms with van der Waals surface area (Å²) >= 11 is 0. The Hall–Kier alpha value is -2.55. The summed E-state index contributed by atoms with van der Waals surface area (Å²) in [6.45, 7) is 7.60. The highest BCUT2D eigenvalue weighted by Crippen LogP contribution is 2.40. The number of rotatable bonds is 8. The Morgan fingerprint density at radius 1 is 1.17 bits per heavy atom. The SMILES string of the molecule is CCCCCC(C=Cc1ccc(C(=O)O)cc1)c1ccc2c(c1)C(C)(C)CCO2. The van der Waals surface area contributed by atoms with Crippen molar-refractivity contribution >= 4 is 12.0 Å². The molecule has 0 radical (unpaired) electrons. The molecule has 1 aliphatic heterocycles. The van der Waals surface area contributed by atoms with Crippen molar-refractivity contribution in [3.8, 4) is 5.75 Å². The highest BCUT2D eigenvalue weighted by molar-refractivity contribution is 5.87. The van der Waals surface area contributed by atoms with Crippen LogP contribution in [0, 0.1) is 0 Å². The lowest BCUT2D eigenvalue weighted by molar-refractivity contribution is 0.0697. The van der Waals surface area contributed by atoms with Crippen molar-refractivity contribution in [2.24, 2.45) is 0 Å². The first-order valence-corrected chi connectivity index (χ1v) is 10.7. The maximum Gasteiger partial charge on any atom is 0.335 e. The standard InChI is InChI=1S/C26H32O3/c1-4-5-6-7-20(11-8-19-9-12-21(13-10-19)25(27)28)22-14-15-24-23(18-22)26(2,3)16-17-29-24/h8-15,18,20H,4-7,16-17H2,1-3H3,(H,27,28). The van der Waals surface area contributed by atoms with Gasteiger partial charge in [-0.05, 0) is 47.6 Å². The third-order valence-corrected chi connectivity index (χ3v) is 5.94. The molecule has 0 spiro atoms. The zero-order valence-corrected chi connectivity index (χ0v) is 17.8. The van der Waals surface area contributed by atoms with Crippen molar-refractivity contribution in [2.75, 3.05) is 6.61 Å². The van der Waals surface area contributed by atoms with Gasteiger partial charge in [-0.25, -0.2) is 4.79 Å². The molecule has 0 aliphatic carbocycles. The van der Waals surface area contributed by atoms with Crippen molar-refractivity contribution in [2.45, 2.75) is 64.2 Å². The molecule has 2 aromatic carbocycles. The average molecular weight is 393 g/mol. The lowest BCUT2D eigenvalue weighted by Crippen LogP contribution is -2.26. The molecule has 3 rings (SSSR count). The fourth-order valence-corrected chi connectivity index (χ4v) is 3.94. The van der Waals surface area contributed by atoms with E-state index in [-0.39, 0.29) is 5.41 Å². The van der Waals surface area contributed by atoms with Crippen LogP contribution in [0.5, 0.6) is 5.75 Å². The molecule has 1 atom stereocenters. The molecule has 1 heterocycles. The third-order valence-electron chi connectivity index (χ3n) is 5.94. The molecule has 0 bridgehead atoms. The quantitative estimate of drug-likeness (QED) is 0.501. The van der Waals surface area contributed by atoms with E-state index in [0.29, 0.717) is 11.5 Å². The van der Waals surface area contributed by atoms with Crippen LogP contribution in [0.2, 0.25) is 0 Å². The highest BCUT2D eigenvalue weighted by Gasteiger charge is 2.29. The molecule has 0 amide bonds. The van der Waals surface area contributed by atoms with Gasteiger partial charge in [0.1, 0.15) is 5.75 Å². The normalized spacial score (nSPS) is 16.2. The molecular formula is C26H32O3. The summed E-state index contributed by atoms with van der Waals surface area (Å²) in [5.74, 6) is 0.464. The van der Waals surface area contributed by atoms with Crippen molar-refractivity contribution in [3.05, 3.63) is 70.8 Å². The van der Waals surface area contributed by atoms with E-state index >= 15 is 0 Å². The van der Waals surface area contributed by atoms with Gasteiger partial charge in [-0.2, -0.15) is 0 Å². The summed E-state index contributed by atoms with van der Waals surface area (Å²) in [5.41, 5.74) is 4.11. The van der Waals surface area contributed by atoms with Gasteiger partial charge in [0, 0.05) is 11.5 Å². The molecule has 1 unspecified atom stereocenters. The summed E-state index contributed by atoms with van der Waals surface area (Å²) < 4.78 is 5.89. The molecule has 3 heteroatoms. The number of ether oxygens (including phenoxy) is 1. The number of fused-ring (bicyclic) bond motifs is 1. The number of allylic oxidation sites excluding steroid dienone is 1. The van der Waals surface area contributed by atoms with E-state index in [4.69, 9.17) is 9.84 Å². The summed E-state index contributed by atoms with van der Waals surface area (Å²) in [6.07, 6.45) is 10.2. The van der Waals surface area contributed by atoms with Gasteiger partial charge in [-0.15, -0.1) is 0 Å². The maximum atomic E-state index is 11.1. The Labute approximate surface area is 174 Å². The van der Waals surface area contributed by atoms with Crippen LogP contribution in [0.4, 0.5) is 0 Å². The van der Waals surface area contributed by atoms with E-state index in [1.807, 2.05) is 12.1 Å². The van der Waals surface area contributed by atoms with Crippen LogP contribution in [0.3, 0.4) is 0 Å². The summed E-state index contributed by atoms with van der Waals surface area (Å²) in [6, 6.07) is 13.7. The van der Waals surface area contributed by atoms with Gasteiger partial charge in [0.05, 0.1) is 12.2 Å². The van der Waals surface area contributed by atoms with Crippen LogP contribution >= 0.6 is 0 Å². The molecule has 154 valence electrons. The van der Waals surface area contributed by atoms with Crippen molar-refractivity contribution in [1.29, 1.82) is 0 Å². The monoisotopic (exact) mass is 392 g/mol. The number of benzene rings is 2. The fraction of sp³-hybridized carbons (Fsp3) is 0.423. The molecule has 2 aromatic rings. The van der Waals surface area contributed by atoms with E-state index in [9.17, 15) is 4.79 Å². The Kier molecular flexibility index (Phi) is 6.79. The largest absolute Gasteiger partial charge is 0.493 e. The molecule has 1 aliphatic rings. The number of aromatic carboxylic acids is 1. The van der Waals surface area contributed by atoms with Crippen molar-refractivity contribution < 1.29 is 14.6 Å². The lowest BCUT2D eigenvalue weighted by Gasteiger charge is -2.33. The van der Waals surface area contributed by atoms with Crippen molar-refractivity contribution in [1.82, 2.24) is 0 Å². The summed E-state index contributed by atoms with van der Waals surface area (Å²) in [4.78, 5) is 11.1. The molecular weight excluding hydrogens is 360 g/mol. The first-order chi connectivity index (χ1) is 13.9. The highest BCUT2D eigenvalue weighted by atomic mass is 16.5. The first kappa shape index (κ1) is 21.2. The van der Waals surface area contributed by atoms with Crippen LogP contribution in [0.25, 0.3) is 6.08 Å². The Bertz CT molecular complexity index is 862.